The molecule has 1 aromatic rings. The van der Waals surface area contributed by atoms with Gasteiger partial charge in [0, 0.05) is 12.0 Å². The maximum atomic E-state index is 2.57. The summed E-state index contributed by atoms with van der Waals surface area (Å²) in [6.45, 7) is 13.6. The molecule has 1 rings (SSSR count). The van der Waals surface area contributed by atoms with Gasteiger partial charge >= 0.3 is 0 Å². The Morgan fingerprint density at radius 2 is 0.362 bits per heavy atom. The van der Waals surface area contributed by atoms with Gasteiger partial charge in [-0.3, -0.25) is 0 Å². The lowest BCUT2D eigenvalue weighted by Gasteiger charge is -2.46. The molecule has 0 bridgehead atoms. The summed E-state index contributed by atoms with van der Waals surface area (Å²) in [6.07, 6.45) is 94.9. The fourth-order valence-electron chi connectivity index (χ4n) is 14.0. The standard InChI is InChI=1S/C79H154N/c1-5-9-13-17-21-25-29-33-37-41-45-49-53-57-61-68-74-79(78-72-66-65-67-73-78)80(75-69-62-58-54-50-46-42-38-34-30-26-22-18-14-10-6-2,76-70-63-59-55-51-47-43-39-35-31-27-23-19-15-11-7-3)77-71-64-60-56-52-48-44-40-36-32-28-24-20-16-12-8-4/h65-67,72-73,79H,5-64,68-71,74-77H2,1-4H3/q+1. The van der Waals surface area contributed by atoms with Crippen molar-refractivity contribution in [3.63, 3.8) is 0 Å². The molecule has 0 aliphatic heterocycles. The van der Waals surface area contributed by atoms with Crippen LogP contribution in [0.3, 0.4) is 0 Å². The number of rotatable bonds is 70. The molecule has 0 heterocycles. The minimum atomic E-state index is 0.673. The van der Waals surface area contributed by atoms with Crippen molar-refractivity contribution in [2.45, 2.75) is 451 Å². The number of hydrogen-bond donors (Lipinski definition) is 0. The van der Waals surface area contributed by atoms with E-state index in [1.165, 1.54) is 441 Å². The summed E-state index contributed by atoms with van der Waals surface area (Å²) in [5.41, 5.74) is 1.68. The number of nitrogens with zero attached hydrogens (tertiary/aromatic N) is 1. The Balaban J connectivity index is 2.90. The summed E-state index contributed by atoms with van der Waals surface area (Å²) in [6, 6.07) is 12.9. The van der Waals surface area contributed by atoms with E-state index in [1.807, 2.05) is 0 Å². The van der Waals surface area contributed by atoms with Gasteiger partial charge in [-0.15, -0.1) is 0 Å². The zero-order chi connectivity index (χ0) is 57.3. The van der Waals surface area contributed by atoms with Crippen molar-refractivity contribution < 1.29 is 4.48 Å². The molecule has 80 heavy (non-hydrogen) atoms. The van der Waals surface area contributed by atoms with Gasteiger partial charge in [0.2, 0.25) is 0 Å². The summed E-state index contributed by atoms with van der Waals surface area (Å²) in [5.74, 6) is 0. The normalized spacial score (nSPS) is 12.3. The van der Waals surface area contributed by atoms with Gasteiger partial charge in [-0.1, -0.05) is 424 Å². The largest absolute Gasteiger partial charge is 0.317 e. The second-order valence-corrected chi connectivity index (χ2v) is 27.3. The Morgan fingerprint density at radius 1 is 0.200 bits per heavy atom. The van der Waals surface area contributed by atoms with E-state index in [9.17, 15) is 0 Å². The van der Waals surface area contributed by atoms with Gasteiger partial charge in [0.15, 0.2) is 0 Å². The van der Waals surface area contributed by atoms with Crippen LogP contribution in [0.15, 0.2) is 30.3 Å². The molecular formula is C79H154N+. The highest BCUT2D eigenvalue weighted by Gasteiger charge is 2.36. The van der Waals surface area contributed by atoms with Crippen LogP contribution in [-0.4, -0.2) is 24.1 Å². The Hall–Kier alpha value is -0.820. The van der Waals surface area contributed by atoms with Crippen LogP contribution in [0, 0.1) is 0 Å². The molecule has 0 saturated carbocycles. The molecule has 474 valence electrons. The summed E-state index contributed by atoms with van der Waals surface area (Å²) in [5, 5.41) is 0. The van der Waals surface area contributed by atoms with Crippen molar-refractivity contribution in [1.82, 2.24) is 0 Å². The predicted octanol–water partition coefficient (Wildman–Crippen LogP) is 29.0. The number of unbranched alkanes of at least 4 members (excludes halogenated alkanes) is 60. The second-order valence-electron chi connectivity index (χ2n) is 27.3. The SMILES string of the molecule is CCCCCCCCCCCCCCCCCCC(c1ccccc1)[N+](CCCCCCCCCCCCCCCCCC)(CCCCCCCCCCCCCCCCCC)CCCCCCCCCCCCCCCCCC. The zero-order valence-electron chi connectivity index (χ0n) is 56.5. The van der Waals surface area contributed by atoms with Crippen LogP contribution in [0.4, 0.5) is 0 Å². The van der Waals surface area contributed by atoms with E-state index in [0.29, 0.717) is 6.04 Å². The molecule has 1 nitrogen and oxygen atoms in total. The van der Waals surface area contributed by atoms with Crippen molar-refractivity contribution >= 4 is 0 Å². The van der Waals surface area contributed by atoms with Gasteiger partial charge < -0.3 is 4.48 Å². The van der Waals surface area contributed by atoms with E-state index in [1.54, 1.807) is 5.56 Å². The number of quaternary nitrogens is 1. The third-order valence-electron chi connectivity index (χ3n) is 19.5. The molecule has 0 aliphatic rings. The highest BCUT2D eigenvalue weighted by Crippen LogP contribution is 2.37. The summed E-state index contributed by atoms with van der Waals surface area (Å²) < 4.78 is 1.40. The Labute approximate surface area is 508 Å². The molecule has 1 aromatic carbocycles. The maximum absolute atomic E-state index is 2.57. The molecule has 0 N–H and O–H groups in total. The van der Waals surface area contributed by atoms with Crippen molar-refractivity contribution in [2.24, 2.45) is 0 Å². The van der Waals surface area contributed by atoms with Crippen LogP contribution >= 0.6 is 0 Å². The van der Waals surface area contributed by atoms with Crippen LogP contribution in [0.1, 0.15) is 457 Å². The molecule has 0 saturated heterocycles. The molecule has 0 spiro atoms. The quantitative estimate of drug-likeness (QED) is 0.0450. The van der Waals surface area contributed by atoms with Crippen molar-refractivity contribution in [3.8, 4) is 0 Å². The van der Waals surface area contributed by atoms with Crippen LogP contribution < -0.4 is 0 Å². The lowest BCUT2D eigenvalue weighted by Crippen LogP contribution is -2.52. The highest BCUT2D eigenvalue weighted by molar-refractivity contribution is 5.17. The van der Waals surface area contributed by atoms with Crippen LogP contribution in [-0.2, 0) is 0 Å². The molecule has 1 heteroatoms. The minimum absolute atomic E-state index is 0.673. The monoisotopic (exact) mass is 1120 g/mol. The second kappa shape index (κ2) is 65.7. The number of hydrogen-bond acceptors (Lipinski definition) is 0. The molecule has 0 amide bonds. The van der Waals surface area contributed by atoms with E-state index in [4.69, 9.17) is 0 Å². The highest BCUT2D eigenvalue weighted by atomic mass is 15.4. The average Bonchev–Trinajstić information content (AvgIpc) is 3.54. The van der Waals surface area contributed by atoms with Crippen LogP contribution in [0.2, 0.25) is 0 Å². The van der Waals surface area contributed by atoms with Crippen molar-refractivity contribution in [2.75, 3.05) is 19.6 Å². The Kier molecular flexibility index (Phi) is 63.4. The Morgan fingerprint density at radius 3 is 0.550 bits per heavy atom. The van der Waals surface area contributed by atoms with Crippen LogP contribution in [0.5, 0.6) is 0 Å². The zero-order valence-corrected chi connectivity index (χ0v) is 56.5. The average molecular weight is 1120 g/mol. The van der Waals surface area contributed by atoms with E-state index >= 15 is 0 Å². The first-order valence-electron chi connectivity index (χ1n) is 38.6. The molecule has 0 aliphatic carbocycles. The van der Waals surface area contributed by atoms with E-state index in [-0.39, 0.29) is 0 Å². The summed E-state index contributed by atoms with van der Waals surface area (Å²) in [4.78, 5) is 0. The lowest BCUT2D eigenvalue weighted by molar-refractivity contribution is -0.958. The fraction of sp³-hybridized carbons (Fsp3) is 0.924. The molecule has 1 atom stereocenters. The van der Waals surface area contributed by atoms with Crippen LogP contribution in [0.25, 0.3) is 0 Å². The first-order chi connectivity index (χ1) is 39.7. The van der Waals surface area contributed by atoms with Gasteiger partial charge in [0.05, 0.1) is 19.6 Å². The van der Waals surface area contributed by atoms with E-state index in [0.717, 1.165) is 0 Å². The summed E-state index contributed by atoms with van der Waals surface area (Å²) in [7, 11) is 0. The summed E-state index contributed by atoms with van der Waals surface area (Å²) >= 11 is 0. The van der Waals surface area contributed by atoms with E-state index in [2.05, 4.69) is 58.0 Å². The van der Waals surface area contributed by atoms with Gasteiger partial charge in [-0.2, -0.15) is 0 Å². The van der Waals surface area contributed by atoms with Gasteiger partial charge in [-0.25, -0.2) is 0 Å². The van der Waals surface area contributed by atoms with Gasteiger partial charge in [0.25, 0.3) is 0 Å². The molecule has 1 unspecified atom stereocenters. The number of benzene rings is 1. The first-order valence-corrected chi connectivity index (χ1v) is 38.6. The van der Waals surface area contributed by atoms with E-state index < -0.39 is 0 Å². The topological polar surface area (TPSA) is 0 Å². The third-order valence-corrected chi connectivity index (χ3v) is 19.5. The molecule has 0 radical (unpaired) electrons. The third kappa shape index (κ3) is 52.7. The molecule has 0 aromatic heterocycles. The maximum Gasteiger partial charge on any atom is 0.115 e. The molecular weight excluding hydrogens is 963 g/mol. The predicted molar refractivity (Wildman–Crippen MR) is 367 cm³/mol. The van der Waals surface area contributed by atoms with Crippen molar-refractivity contribution in [1.29, 1.82) is 0 Å². The Bertz CT molecular complexity index is 1150. The lowest BCUT2D eigenvalue weighted by atomic mass is 9.93. The van der Waals surface area contributed by atoms with Crippen molar-refractivity contribution in [3.05, 3.63) is 35.9 Å². The first kappa shape index (κ1) is 77.2. The minimum Gasteiger partial charge on any atom is -0.317 e. The fourth-order valence-corrected chi connectivity index (χ4v) is 14.0. The molecule has 0 fully saturated rings. The smallest absolute Gasteiger partial charge is 0.115 e. The van der Waals surface area contributed by atoms with Gasteiger partial charge in [-0.05, 0) is 44.9 Å². The van der Waals surface area contributed by atoms with Gasteiger partial charge in [0.1, 0.15) is 6.04 Å².